The van der Waals surface area contributed by atoms with Crippen LogP contribution in [0.2, 0.25) is 5.02 Å². The molecule has 5 heteroatoms. The van der Waals surface area contributed by atoms with E-state index in [-0.39, 0.29) is 18.7 Å². The number of carbonyl (C=O) groups excluding carboxylic acids is 1. The van der Waals surface area contributed by atoms with Crippen LogP contribution in [0.25, 0.3) is 10.9 Å². The molecule has 0 radical (unpaired) electrons. The Morgan fingerprint density at radius 2 is 2.09 bits per heavy atom. The van der Waals surface area contributed by atoms with Crippen LogP contribution in [-0.2, 0) is 9.53 Å². The van der Waals surface area contributed by atoms with Gasteiger partial charge in [0.05, 0.1) is 11.6 Å². The van der Waals surface area contributed by atoms with Gasteiger partial charge < -0.3 is 9.47 Å². The molecule has 0 N–H and O–H groups in total. The number of carbonyl (C=O) groups is 1. The monoisotopic (exact) mass is 335 g/mol. The molecule has 0 fully saturated rings. The lowest BCUT2D eigenvalue weighted by Gasteiger charge is -2.13. The summed E-state index contributed by atoms with van der Waals surface area (Å²) >= 11 is 6.09. The second-order valence-corrected chi connectivity index (χ2v) is 5.95. The Kier molecular flexibility index (Phi) is 6.66. The minimum Gasteiger partial charge on any atom is -0.466 e. The summed E-state index contributed by atoms with van der Waals surface area (Å²) in [5.74, 6) is 0.0114. The molecule has 1 unspecified atom stereocenters. The van der Waals surface area contributed by atoms with Crippen LogP contribution in [0, 0.1) is 0 Å². The second-order valence-electron chi connectivity index (χ2n) is 5.54. The first kappa shape index (κ1) is 17.5. The van der Waals surface area contributed by atoms with Gasteiger partial charge in [-0.25, -0.2) is 9.78 Å². The van der Waals surface area contributed by atoms with Gasteiger partial charge in [-0.15, -0.1) is 0 Å². The maximum Gasteiger partial charge on any atom is 0.344 e. The average Bonchev–Trinajstić information content (AvgIpc) is 2.53. The minimum absolute atomic E-state index is 0.0824. The van der Waals surface area contributed by atoms with Crippen LogP contribution in [0.1, 0.15) is 39.5 Å². The molecule has 2 rings (SSSR count). The zero-order chi connectivity index (χ0) is 16.7. The van der Waals surface area contributed by atoms with Crippen molar-refractivity contribution in [2.75, 3.05) is 6.61 Å². The largest absolute Gasteiger partial charge is 0.466 e. The summed E-state index contributed by atoms with van der Waals surface area (Å²) in [6.45, 7) is 3.91. The number of hydrogen-bond acceptors (Lipinski definition) is 4. The summed E-state index contributed by atoms with van der Waals surface area (Å²) in [4.78, 5) is 16.1. The van der Waals surface area contributed by atoms with Crippen LogP contribution < -0.4 is 4.74 Å². The highest BCUT2D eigenvalue weighted by Crippen LogP contribution is 2.23. The minimum atomic E-state index is -0.373. The number of esters is 1. The van der Waals surface area contributed by atoms with Crippen molar-refractivity contribution in [3.63, 3.8) is 0 Å². The molecular weight excluding hydrogens is 314 g/mol. The Morgan fingerprint density at radius 3 is 2.87 bits per heavy atom. The van der Waals surface area contributed by atoms with E-state index in [0.717, 1.165) is 36.6 Å². The lowest BCUT2D eigenvalue weighted by Crippen LogP contribution is -2.21. The molecule has 0 saturated carbocycles. The van der Waals surface area contributed by atoms with Gasteiger partial charge >= 0.3 is 5.97 Å². The molecule has 0 aliphatic carbocycles. The Bertz CT molecular complexity index is 660. The Morgan fingerprint density at radius 1 is 1.26 bits per heavy atom. The van der Waals surface area contributed by atoms with Gasteiger partial charge in [-0.2, -0.15) is 0 Å². The number of nitrogens with zero attached hydrogens (tertiary/aromatic N) is 1. The molecule has 0 bridgehead atoms. The first-order valence-electron chi connectivity index (χ1n) is 7.97. The molecule has 1 aromatic heterocycles. The van der Waals surface area contributed by atoms with Crippen LogP contribution in [0.3, 0.4) is 0 Å². The molecule has 0 spiro atoms. The van der Waals surface area contributed by atoms with Gasteiger partial charge in [-0.05, 0) is 38.0 Å². The summed E-state index contributed by atoms with van der Waals surface area (Å²) in [5.41, 5.74) is 0.733. The third-order valence-electron chi connectivity index (χ3n) is 3.54. The van der Waals surface area contributed by atoms with Crippen molar-refractivity contribution in [2.45, 2.75) is 45.6 Å². The normalized spacial score (nSPS) is 12.1. The molecule has 1 atom stereocenters. The lowest BCUT2D eigenvalue weighted by atomic mass is 10.1. The van der Waals surface area contributed by atoms with Crippen LogP contribution in [-0.4, -0.2) is 23.7 Å². The van der Waals surface area contributed by atoms with E-state index >= 15 is 0 Å². The highest BCUT2D eigenvalue weighted by Gasteiger charge is 2.11. The molecular formula is C18H22ClNO3. The van der Waals surface area contributed by atoms with Gasteiger partial charge in [0.1, 0.15) is 0 Å². The van der Waals surface area contributed by atoms with Crippen molar-refractivity contribution in [3.05, 3.63) is 35.4 Å². The molecule has 23 heavy (non-hydrogen) atoms. The first-order chi connectivity index (χ1) is 11.1. The molecule has 0 saturated heterocycles. The fraction of sp³-hybridized carbons (Fsp3) is 0.444. The van der Waals surface area contributed by atoms with E-state index in [2.05, 4.69) is 11.9 Å². The summed E-state index contributed by atoms with van der Waals surface area (Å²) in [6, 6.07) is 9.02. The maximum atomic E-state index is 11.8. The van der Waals surface area contributed by atoms with Crippen molar-refractivity contribution in [1.29, 1.82) is 0 Å². The molecule has 0 aliphatic rings. The third-order valence-corrected chi connectivity index (χ3v) is 3.87. The highest BCUT2D eigenvalue weighted by molar-refractivity contribution is 6.35. The van der Waals surface area contributed by atoms with E-state index in [9.17, 15) is 4.79 Å². The highest BCUT2D eigenvalue weighted by atomic mass is 35.5. The zero-order valence-corrected chi connectivity index (χ0v) is 14.3. The van der Waals surface area contributed by atoms with Crippen molar-refractivity contribution in [3.8, 4) is 5.88 Å². The smallest absolute Gasteiger partial charge is 0.344 e. The Balaban J connectivity index is 1.84. The predicted molar refractivity (Wildman–Crippen MR) is 91.9 cm³/mol. The van der Waals surface area contributed by atoms with E-state index in [1.807, 2.05) is 31.2 Å². The number of hydrogen-bond donors (Lipinski definition) is 0. The summed E-state index contributed by atoms with van der Waals surface area (Å²) in [5, 5.41) is 1.50. The Hall–Kier alpha value is -1.81. The summed E-state index contributed by atoms with van der Waals surface area (Å²) in [7, 11) is 0. The molecule has 124 valence electrons. The number of unbranched alkanes of at least 4 members (excludes halogenated alkanes) is 2. The van der Waals surface area contributed by atoms with Crippen molar-refractivity contribution < 1.29 is 14.3 Å². The number of pyridine rings is 1. The Labute approximate surface area is 141 Å². The molecule has 2 aromatic rings. The van der Waals surface area contributed by atoms with Crippen molar-refractivity contribution >= 4 is 28.5 Å². The van der Waals surface area contributed by atoms with E-state index in [4.69, 9.17) is 21.1 Å². The van der Waals surface area contributed by atoms with E-state index in [1.165, 1.54) is 0 Å². The van der Waals surface area contributed by atoms with Crippen molar-refractivity contribution in [2.24, 2.45) is 0 Å². The van der Waals surface area contributed by atoms with Gasteiger partial charge in [-0.1, -0.05) is 37.4 Å². The molecule has 1 heterocycles. The van der Waals surface area contributed by atoms with Crippen molar-refractivity contribution in [1.82, 2.24) is 4.98 Å². The number of aromatic nitrogens is 1. The maximum absolute atomic E-state index is 11.8. The van der Waals surface area contributed by atoms with Crippen LogP contribution in [0.15, 0.2) is 30.3 Å². The fourth-order valence-electron chi connectivity index (χ4n) is 2.31. The predicted octanol–water partition coefficient (Wildman–Crippen LogP) is 4.78. The number of halogens is 1. The van der Waals surface area contributed by atoms with Crippen LogP contribution in [0.4, 0.5) is 0 Å². The molecule has 0 aliphatic heterocycles. The number of fused-ring (bicyclic) bond motifs is 1. The molecule has 1 aromatic carbocycles. The number of rotatable bonds is 8. The second kappa shape index (κ2) is 8.73. The number of benzene rings is 1. The molecule has 0 amide bonds. The average molecular weight is 336 g/mol. The van der Waals surface area contributed by atoms with E-state index in [0.29, 0.717) is 10.9 Å². The third kappa shape index (κ3) is 5.39. The topological polar surface area (TPSA) is 48.4 Å². The SMILES string of the molecule is CCCCCC(C)OC(=O)COc1ccc2c(Cl)cccc2n1. The summed E-state index contributed by atoms with van der Waals surface area (Å²) in [6.07, 6.45) is 4.18. The van der Waals surface area contributed by atoms with Gasteiger partial charge in [0.25, 0.3) is 0 Å². The van der Waals surface area contributed by atoms with Gasteiger partial charge in [0.2, 0.25) is 5.88 Å². The summed E-state index contributed by atoms with van der Waals surface area (Å²) < 4.78 is 10.7. The fourth-order valence-corrected chi connectivity index (χ4v) is 2.54. The van der Waals surface area contributed by atoms with Gasteiger partial charge in [0, 0.05) is 16.5 Å². The number of ether oxygens (including phenoxy) is 2. The quantitative estimate of drug-likeness (QED) is 0.514. The van der Waals surface area contributed by atoms with E-state index in [1.54, 1.807) is 6.07 Å². The zero-order valence-electron chi connectivity index (χ0n) is 13.5. The van der Waals surface area contributed by atoms with Crippen LogP contribution in [0.5, 0.6) is 5.88 Å². The lowest BCUT2D eigenvalue weighted by molar-refractivity contribution is -0.151. The van der Waals surface area contributed by atoms with Gasteiger partial charge in [0.15, 0.2) is 6.61 Å². The first-order valence-corrected chi connectivity index (χ1v) is 8.35. The van der Waals surface area contributed by atoms with Gasteiger partial charge in [-0.3, -0.25) is 0 Å². The molecule has 4 nitrogen and oxygen atoms in total. The van der Waals surface area contributed by atoms with E-state index < -0.39 is 0 Å². The van der Waals surface area contributed by atoms with Crippen LogP contribution >= 0.6 is 11.6 Å². The standard InChI is InChI=1S/C18H22ClNO3/c1-3-4-5-7-13(2)23-18(21)12-22-17-11-10-14-15(19)8-6-9-16(14)20-17/h6,8-11,13H,3-5,7,12H2,1-2H3.